The number of esters is 1. The molecule has 1 unspecified atom stereocenters. The van der Waals surface area contributed by atoms with Crippen molar-refractivity contribution in [2.75, 3.05) is 12.4 Å². The van der Waals surface area contributed by atoms with Crippen LogP contribution in [0.2, 0.25) is 0 Å². The van der Waals surface area contributed by atoms with Gasteiger partial charge < -0.3 is 14.8 Å². The van der Waals surface area contributed by atoms with Crippen molar-refractivity contribution in [3.63, 3.8) is 0 Å². The summed E-state index contributed by atoms with van der Waals surface area (Å²) in [5, 5.41) is 3.71. The van der Waals surface area contributed by atoms with Crippen LogP contribution in [0.3, 0.4) is 0 Å². The number of ether oxygens (including phenoxy) is 2. The second-order valence-corrected chi connectivity index (χ2v) is 11.2. The molecule has 2 heterocycles. The maximum atomic E-state index is 13.8. The highest BCUT2D eigenvalue weighted by Gasteiger charge is 2.37. The van der Waals surface area contributed by atoms with Crippen LogP contribution in [0.4, 0.5) is 5.00 Å². The first kappa shape index (κ1) is 23.6. The van der Waals surface area contributed by atoms with E-state index < -0.39 is 11.9 Å². The van der Waals surface area contributed by atoms with E-state index in [0.717, 1.165) is 42.4 Å². The minimum absolute atomic E-state index is 0.178. The lowest BCUT2D eigenvalue weighted by atomic mass is 9.69. The third kappa shape index (κ3) is 4.14. The smallest absolute Gasteiger partial charge is 0.341 e. The molecule has 182 valence electrons. The fourth-order valence-corrected chi connectivity index (χ4v) is 6.64. The summed E-state index contributed by atoms with van der Waals surface area (Å²) in [6.07, 6.45) is 3.88. The van der Waals surface area contributed by atoms with Crippen LogP contribution in [-0.4, -0.2) is 19.0 Å². The number of benzene rings is 2. The summed E-state index contributed by atoms with van der Waals surface area (Å²) in [6.45, 7) is 6.87. The molecule has 5 nitrogen and oxygen atoms in total. The van der Waals surface area contributed by atoms with Crippen molar-refractivity contribution in [1.82, 2.24) is 0 Å². The summed E-state index contributed by atoms with van der Waals surface area (Å²) >= 11 is 1.53. The number of hydrogen-bond donors (Lipinski definition) is 1. The van der Waals surface area contributed by atoms with Gasteiger partial charge in [-0.15, -0.1) is 11.3 Å². The highest BCUT2D eigenvalue weighted by atomic mass is 32.1. The van der Waals surface area contributed by atoms with Crippen LogP contribution in [0.1, 0.15) is 71.5 Å². The molecule has 0 spiro atoms. The molecule has 0 radical (unpaired) electrons. The number of methoxy groups -OCH3 is 1. The Labute approximate surface area is 210 Å². The third-order valence-corrected chi connectivity index (χ3v) is 9.02. The maximum absolute atomic E-state index is 13.8. The van der Waals surface area contributed by atoms with Gasteiger partial charge in [0.15, 0.2) is 0 Å². The molecule has 0 saturated carbocycles. The molecule has 1 aliphatic heterocycles. The van der Waals surface area contributed by atoms with Crippen LogP contribution in [0, 0.1) is 11.3 Å². The van der Waals surface area contributed by atoms with E-state index in [1.165, 1.54) is 23.3 Å². The van der Waals surface area contributed by atoms with E-state index in [9.17, 15) is 9.59 Å². The van der Waals surface area contributed by atoms with Crippen LogP contribution in [-0.2, 0) is 22.4 Å². The van der Waals surface area contributed by atoms with Crippen molar-refractivity contribution in [3.05, 3.63) is 75.7 Å². The van der Waals surface area contributed by atoms with Gasteiger partial charge in [-0.2, -0.15) is 0 Å². The SMILES string of the molecule is CCC(C)(C)C1CCc2c(sc(NC(=O)C3c4ccccc4Oc4ccccc43)c2C(=O)OC)C1. The van der Waals surface area contributed by atoms with Crippen molar-refractivity contribution < 1.29 is 19.1 Å². The summed E-state index contributed by atoms with van der Waals surface area (Å²) in [6, 6.07) is 15.2. The lowest BCUT2D eigenvalue weighted by molar-refractivity contribution is -0.116. The van der Waals surface area contributed by atoms with E-state index in [2.05, 4.69) is 26.1 Å². The maximum Gasteiger partial charge on any atom is 0.341 e. The number of thiophene rings is 1. The van der Waals surface area contributed by atoms with E-state index in [4.69, 9.17) is 9.47 Å². The first-order chi connectivity index (χ1) is 16.8. The van der Waals surface area contributed by atoms with Gasteiger partial charge in [-0.1, -0.05) is 63.6 Å². The number of fused-ring (bicyclic) bond motifs is 3. The predicted molar refractivity (Wildman–Crippen MR) is 139 cm³/mol. The van der Waals surface area contributed by atoms with Crippen LogP contribution >= 0.6 is 11.3 Å². The van der Waals surface area contributed by atoms with Gasteiger partial charge in [-0.3, -0.25) is 4.79 Å². The van der Waals surface area contributed by atoms with E-state index in [1.54, 1.807) is 0 Å². The molecule has 0 bridgehead atoms. The van der Waals surface area contributed by atoms with Crippen molar-refractivity contribution in [1.29, 1.82) is 0 Å². The molecule has 2 aromatic carbocycles. The first-order valence-electron chi connectivity index (χ1n) is 12.2. The highest BCUT2D eigenvalue weighted by Crippen LogP contribution is 2.47. The Morgan fingerprint density at radius 1 is 1.09 bits per heavy atom. The van der Waals surface area contributed by atoms with Gasteiger partial charge in [0.2, 0.25) is 5.91 Å². The van der Waals surface area contributed by atoms with Gasteiger partial charge in [0.25, 0.3) is 0 Å². The normalized spacial score (nSPS) is 17.0. The Kier molecular flexibility index (Phi) is 6.18. The lowest BCUT2D eigenvalue weighted by Crippen LogP contribution is -2.28. The second-order valence-electron chi connectivity index (χ2n) is 10.1. The summed E-state index contributed by atoms with van der Waals surface area (Å²) in [5.41, 5.74) is 3.41. The van der Waals surface area contributed by atoms with Crippen molar-refractivity contribution >= 4 is 28.2 Å². The third-order valence-electron chi connectivity index (χ3n) is 7.85. The van der Waals surface area contributed by atoms with Gasteiger partial charge >= 0.3 is 5.97 Å². The van der Waals surface area contributed by atoms with Gasteiger partial charge in [-0.25, -0.2) is 4.79 Å². The molecule has 1 aromatic heterocycles. The largest absolute Gasteiger partial charge is 0.465 e. The van der Waals surface area contributed by atoms with Crippen molar-refractivity contribution in [2.45, 2.75) is 52.4 Å². The Morgan fingerprint density at radius 2 is 1.71 bits per heavy atom. The van der Waals surface area contributed by atoms with Crippen molar-refractivity contribution in [2.24, 2.45) is 11.3 Å². The molecule has 5 rings (SSSR count). The zero-order chi connectivity index (χ0) is 24.7. The zero-order valence-electron chi connectivity index (χ0n) is 20.6. The molecule has 35 heavy (non-hydrogen) atoms. The molecule has 3 aromatic rings. The summed E-state index contributed by atoms with van der Waals surface area (Å²) in [7, 11) is 1.40. The minimum atomic E-state index is -0.535. The number of nitrogens with one attached hydrogen (secondary N) is 1. The number of anilines is 1. The molecule has 1 N–H and O–H groups in total. The highest BCUT2D eigenvalue weighted by molar-refractivity contribution is 7.17. The Morgan fingerprint density at radius 3 is 2.31 bits per heavy atom. The summed E-state index contributed by atoms with van der Waals surface area (Å²) in [4.78, 5) is 27.9. The predicted octanol–water partition coefficient (Wildman–Crippen LogP) is 6.95. The van der Waals surface area contributed by atoms with E-state index in [1.807, 2.05) is 48.5 Å². The van der Waals surface area contributed by atoms with E-state index in [-0.39, 0.29) is 11.3 Å². The monoisotopic (exact) mass is 489 g/mol. The van der Waals surface area contributed by atoms with Gasteiger partial charge in [-0.05, 0) is 48.3 Å². The standard InChI is InChI=1S/C29H31NO4S/c1-5-29(2,3)17-14-15-20-23(16-17)35-27(25(20)28(32)33-4)30-26(31)24-18-10-6-8-12-21(18)34-22-13-9-7-11-19(22)24/h6-13,17,24H,5,14-16H2,1-4H3,(H,30,31). The van der Waals surface area contributed by atoms with Gasteiger partial charge in [0, 0.05) is 16.0 Å². The van der Waals surface area contributed by atoms with Crippen LogP contribution in [0.25, 0.3) is 0 Å². The fraction of sp³-hybridized carbons (Fsp3) is 0.379. The number of para-hydroxylation sites is 2. The topological polar surface area (TPSA) is 64.6 Å². The van der Waals surface area contributed by atoms with Crippen LogP contribution < -0.4 is 10.1 Å². The minimum Gasteiger partial charge on any atom is -0.465 e. The molecule has 6 heteroatoms. The summed E-state index contributed by atoms with van der Waals surface area (Å²) in [5.74, 6) is 0.792. The molecular formula is C29H31NO4S. The average Bonchev–Trinajstić information content (AvgIpc) is 3.23. The number of rotatable bonds is 5. The number of hydrogen-bond acceptors (Lipinski definition) is 5. The van der Waals surface area contributed by atoms with Crippen LogP contribution in [0.5, 0.6) is 11.5 Å². The average molecular weight is 490 g/mol. The van der Waals surface area contributed by atoms with E-state index >= 15 is 0 Å². The molecule has 1 amide bonds. The number of amides is 1. The molecule has 0 saturated heterocycles. The number of carbonyl (C=O) groups is 2. The number of carbonyl (C=O) groups excluding carboxylic acids is 2. The lowest BCUT2D eigenvalue weighted by Gasteiger charge is -2.36. The fourth-order valence-electron chi connectivity index (χ4n) is 5.32. The quantitative estimate of drug-likeness (QED) is 0.394. The molecule has 1 aliphatic carbocycles. The van der Waals surface area contributed by atoms with E-state index in [0.29, 0.717) is 28.0 Å². The molecular weight excluding hydrogens is 458 g/mol. The molecule has 1 atom stereocenters. The Hall–Kier alpha value is -3.12. The second kappa shape index (κ2) is 9.15. The Bertz CT molecular complexity index is 1250. The zero-order valence-corrected chi connectivity index (χ0v) is 21.5. The first-order valence-corrected chi connectivity index (χ1v) is 13.0. The molecule has 2 aliphatic rings. The Balaban J connectivity index is 1.52. The molecule has 0 fully saturated rings. The summed E-state index contributed by atoms with van der Waals surface area (Å²) < 4.78 is 11.2. The van der Waals surface area contributed by atoms with Crippen LogP contribution in [0.15, 0.2) is 48.5 Å². The van der Waals surface area contributed by atoms with Gasteiger partial charge in [0.1, 0.15) is 16.5 Å². The van der Waals surface area contributed by atoms with Gasteiger partial charge in [0.05, 0.1) is 18.6 Å². The van der Waals surface area contributed by atoms with Crippen molar-refractivity contribution in [3.8, 4) is 11.5 Å².